The molecular weight excluding hydrogens is 378 g/mol. The van der Waals surface area contributed by atoms with Gasteiger partial charge in [-0.2, -0.15) is 0 Å². The second-order valence-corrected chi connectivity index (χ2v) is 6.68. The summed E-state index contributed by atoms with van der Waals surface area (Å²) < 4.78 is 2.41. The van der Waals surface area contributed by atoms with Gasteiger partial charge < -0.3 is 0 Å². The van der Waals surface area contributed by atoms with Gasteiger partial charge in [-0.3, -0.25) is 9.36 Å². The average Bonchev–Trinajstić information content (AvgIpc) is 3.16. The second kappa shape index (κ2) is 6.26. The molecule has 0 aliphatic rings. The monoisotopic (exact) mass is 391 g/mol. The van der Waals surface area contributed by atoms with Crippen LogP contribution < -0.4 is 0 Å². The van der Waals surface area contributed by atoms with Crippen molar-refractivity contribution in [3.8, 4) is 11.3 Å². The number of rotatable bonds is 2. The number of carbonyl (C=O) groups is 1. The Kier molecular flexibility index (Phi) is 3.93. The lowest BCUT2D eigenvalue weighted by Crippen LogP contribution is -2.13. The smallest absolute Gasteiger partial charge is 0.264 e. The fraction of sp³-hybridized carbons (Fsp3) is 0.0500. The number of pyridine rings is 1. The van der Waals surface area contributed by atoms with Crippen LogP contribution in [0.25, 0.3) is 22.2 Å². The Morgan fingerprint density at radius 2 is 1.92 bits per heavy atom. The van der Waals surface area contributed by atoms with Gasteiger partial charge in [-0.25, -0.2) is 9.97 Å². The Balaban J connectivity index is 2.06. The number of halogens is 1. The number of fused-ring (bicyclic) bond motifs is 1. The van der Waals surface area contributed by atoms with Crippen LogP contribution >= 0.6 is 15.9 Å². The predicted octanol–water partition coefficient (Wildman–Crippen LogP) is 4.86. The highest BCUT2D eigenvalue weighted by atomic mass is 79.9. The molecule has 5 heteroatoms. The van der Waals surface area contributed by atoms with Gasteiger partial charge in [0.2, 0.25) is 0 Å². The molecule has 0 radical (unpaired) electrons. The maximum absolute atomic E-state index is 13.1. The summed E-state index contributed by atoms with van der Waals surface area (Å²) in [6, 6.07) is 15.7. The van der Waals surface area contributed by atoms with Crippen molar-refractivity contribution in [2.24, 2.45) is 0 Å². The SMILES string of the molecule is Cc1c(-c2ccccc2)nc2ccc(Br)cc2c1C(=O)n1ccnc1. The molecule has 4 aromatic rings. The molecule has 0 aliphatic carbocycles. The van der Waals surface area contributed by atoms with Gasteiger partial charge in [-0.05, 0) is 30.7 Å². The van der Waals surface area contributed by atoms with E-state index in [-0.39, 0.29) is 5.91 Å². The third-order valence-electron chi connectivity index (χ3n) is 4.19. The third-order valence-corrected chi connectivity index (χ3v) is 4.68. The van der Waals surface area contributed by atoms with Gasteiger partial charge >= 0.3 is 0 Å². The number of carbonyl (C=O) groups excluding carboxylic acids is 1. The first kappa shape index (κ1) is 15.7. The van der Waals surface area contributed by atoms with Crippen molar-refractivity contribution in [1.82, 2.24) is 14.5 Å². The normalized spacial score (nSPS) is 11.0. The van der Waals surface area contributed by atoms with Gasteiger partial charge in [0.25, 0.3) is 5.91 Å². The van der Waals surface area contributed by atoms with Crippen molar-refractivity contribution >= 4 is 32.7 Å². The van der Waals surface area contributed by atoms with Crippen LogP contribution in [0.4, 0.5) is 0 Å². The molecule has 25 heavy (non-hydrogen) atoms. The molecule has 4 rings (SSSR count). The van der Waals surface area contributed by atoms with Gasteiger partial charge in [0.1, 0.15) is 6.33 Å². The molecule has 0 bridgehead atoms. The molecular formula is C20H14BrN3O. The highest BCUT2D eigenvalue weighted by Gasteiger charge is 2.20. The first-order valence-electron chi connectivity index (χ1n) is 7.83. The van der Waals surface area contributed by atoms with Gasteiger partial charge in [-0.1, -0.05) is 46.3 Å². The zero-order chi connectivity index (χ0) is 17.4. The van der Waals surface area contributed by atoms with E-state index < -0.39 is 0 Å². The number of imidazole rings is 1. The van der Waals surface area contributed by atoms with Crippen LogP contribution in [0.2, 0.25) is 0 Å². The number of aromatic nitrogens is 3. The van der Waals surface area contributed by atoms with E-state index in [9.17, 15) is 4.79 Å². The summed E-state index contributed by atoms with van der Waals surface area (Å²) in [6.45, 7) is 1.94. The fourth-order valence-electron chi connectivity index (χ4n) is 2.99. The maximum Gasteiger partial charge on any atom is 0.264 e. The molecule has 0 spiro atoms. The van der Waals surface area contributed by atoms with Crippen LogP contribution in [0, 0.1) is 6.92 Å². The first-order valence-corrected chi connectivity index (χ1v) is 8.62. The Morgan fingerprint density at radius 3 is 2.64 bits per heavy atom. The van der Waals surface area contributed by atoms with Crippen LogP contribution in [0.1, 0.15) is 15.9 Å². The molecule has 0 saturated carbocycles. The van der Waals surface area contributed by atoms with Crippen molar-refractivity contribution in [3.05, 3.63) is 82.9 Å². The van der Waals surface area contributed by atoms with Crippen LogP contribution in [0.3, 0.4) is 0 Å². The van der Waals surface area contributed by atoms with E-state index in [4.69, 9.17) is 4.98 Å². The third kappa shape index (κ3) is 2.76. The minimum Gasteiger partial charge on any atom is -0.272 e. The Labute approximate surface area is 153 Å². The summed E-state index contributed by atoms with van der Waals surface area (Å²) in [6.07, 6.45) is 4.78. The Morgan fingerprint density at radius 1 is 1.12 bits per heavy atom. The van der Waals surface area contributed by atoms with Crippen molar-refractivity contribution in [1.29, 1.82) is 0 Å². The number of hydrogen-bond acceptors (Lipinski definition) is 3. The molecule has 2 heterocycles. The van der Waals surface area contributed by atoms with Crippen molar-refractivity contribution < 1.29 is 4.79 Å². The quantitative estimate of drug-likeness (QED) is 0.490. The van der Waals surface area contributed by atoms with E-state index in [2.05, 4.69) is 20.9 Å². The fourth-order valence-corrected chi connectivity index (χ4v) is 3.35. The largest absolute Gasteiger partial charge is 0.272 e. The predicted molar refractivity (Wildman–Crippen MR) is 102 cm³/mol. The van der Waals surface area contributed by atoms with E-state index in [1.165, 1.54) is 10.9 Å². The van der Waals surface area contributed by atoms with Gasteiger partial charge in [0, 0.05) is 27.8 Å². The molecule has 0 atom stereocenters. The van der Waals surface area contributed by atoms with E-state index in [1.54, 1.807) is 12.4 Å². The summed E-state index contributed by atoms with van der Waals surface area (Å²) in [7, 11) is 0. The molecule has 0 fully saturated rings. The zero-order valence-corrected chi connectivity index (χ0v) is 15.1. The van der Waals surface area contributed by atoms with Crippen LogP contribution in [-0.4, -0.2) is 20.4 Å². The van der Waals surface area contributed by atoms with E-state index >= 15 is 0 Å². The Bertz CT molecular complexity index is 1070. The summed E-state index contributed by atoms with van der Waals surface area (Å²) in [5, 5.41) is 0.824. The maximum atomic E-state index is 13.1. The molecule has 2 aromatic heterocycles. The molecule has 4 nitrogen and oxygen atoms in total. The molecule has 0 saturated heterocycles. The number of benzene rings is 2. The van der Waals surface area contributed by atoms with Crippen molar-refractivity contribution in [2.75, 3.05) is 0 Å². The van der Waals surface area contributed by atoms with Crippen LogP contribution in [0.15, 0.2) is 71.7 Å². The lowest BCUT2D eigenvalue weighted by molar-refractivity contribution is 0.0961. The second-order valence-electron chi connectivity index (χ2n) is 5.76. The Hall–Kier alpha value is -2.79. The minimum atomic E-state index is -0.113. The molecule has 0 amide bonds. The highest BCUT2D eigenvalue weighted by Crippen LogP contribution is 2.31. The number of nitrogens with zero attached hydrogens (tertiary/aromatic N) is 3. The van der Waals surface area contributed by atoms with Crippen molar-refractivity contribution in [3.63, 3.8) is 0 Å². The lowest BCUT2D eigenvalue weighted by Gasteiger charge is -2.14. The summed E-state index contributed by atoms with van der Waals surface area (Å²) in [5.41, 5.74) is 4.10. The zero-order valence-electron chi connectivity index (χ0n) is 13.5. The standard InChI is InChI=1S/C20H14BrN3O/c1-13-18(20(25)24-10-9-22-12-24)16-11-15(21)7-8-17(16)23-19(13)14-5-3-2-4-6-14/h2-12H,1H3. The summed E-state index contributed by atoms with van der Waals surface area (Å²) in [4.78, 5) is 21.9. The number of hydrogen-bond donors (Lipinski definition) is 0. The van der Waals surface area contributed by atoms with Gasteiger partial charge in [-0.15, -0.1) is 0 Å². The van der Waals surface area contributed by atoms with E-state index in [0.717, 1.165) is 32.2 Å². The van der Waals surface area contributed by atoms with Crippen LogP contribution in [-0.2, 0) is 0 Å². The average molecular weight is 392 g/mol. The molecule has 2 aromatic carbocycles. The van der Waals surface area contributed by atoms with Gasteiger partial charge in [0.05, 0.1) is 16.8 Å². The summed E-state index contributed by atoms with van der Waals surface area (Å²) in [5.74, 6) is -0.113. The van der Waals surface area contributed by atoms with E-state index in [0.29, 0.717) is 5.56 Å². The highest BCUT2D eigenvalue weighted by molar-refractivity contribution is 9.10. The van der Waals surface area contributed by atoms with Crippen LogP contribution in [0.5, 0.6) is 0 Å². The molecule has 0 N–H and O–H groups in total. The topological polar surface area (TPSA) is 47.8 Å². The molecule has 122 valence electrons. The lowest BCUT2D eigenvalue weighted by atomic mass is 9.97. The molecule has 0 aliphatic heterocycles. The first-order chi connectivity index (χ1) is 12.1. The van der Waals surface area contributed by atoms with Crippen molar-refractivity contribution in [2.45, 2.75) is 6.92 Å². The molecule has 0 unspecified atom stereocenters. The summed E-state index contributed by atoms with van der Waals surface area (Å²) >= 11 is 3.49. The van der Waals surface area contributed by atoms with Gasteiger partial charge in [0.15, 0.2) is 0 Å². The minimum absolute atomic E-state index is 0.113. The van der Waals surface area contributed by atoms with E-state index in [1.807, 2.05) is 55.5 Å².